The molecule has 142 valence electrons. The Morgan fingerprint density at radius 3 is 2.67 bits per heavy atom. The zero-order chi connectivity index (χ0) is 19.6. The summed E-state index contributed by atoms with van der Waals surface area (Å²) in [6, 6.07) is 6.84. The van der Waals surface area contributed by atoms with Crippen LogP contribution in [0.2, 0.25) is 0 Å². The van der Waals surface area contributed by atoms with Crippen LogP contribution in [0.15, 0.2) is 39.6 Å². The van der Waals surface area contributed by atoms with Gasteiger partial charge in [-0.25, -0.2) is 4.79 Å². The first-order chi connectivity index (χ1) is 12.9. The van der Waals surface area contributed by atoms with Crippen molar-refractivity contribution in [1.82, 2.24) is 0 Å². The highest BCUT2D eigenvalue weighted by Crippen LogP contribution is 2.33. The molecule has 0 spiro atoms. The molecular weight excluding hydrogens is 356 g/mol. The summed E-state index contributed by atoms with van der Waals surface area (Å²) in [6.07, 6.45) is -0.370. The lowest BCUT2D eigenvalue weighted by Gasteiger charge is -2.31. The Balaban J connectivity index is 1.95. The van der Waals surface area contributed by atoms with E-state index >= 15 is 0 Å². The van der Waals surface area contributed by atoms with Crippen LogP contribution >= 0.6 is 0 Å². The molecule has 3 rings (SSSR count). The van der Waals surface area contributed by atoms with Gasteiger partial charge in [0.1, 0.15) is 29.6 Å². The van der Waals surface area contributed by atoms with Crippen LogP contribution in [-0.4, -0.2) is 42.0 Å². The fourth-order valence-corrected chi connectivity index (χ4v) is 2.80. The minimum atomic E-state index is -1.32. The van der Waals surface area contributed by atoms with Crippen LogP contribution < -0.4 is 10.4 Å². The van der Waals surface area contributed by atoms with Gasteiger partial charge < -0.3 is 23.7 Å². The van der Waals surface area contributed by atoms with Crippen molar-refractivity contribution in [1.29, 1.82) is 0 Å². The molecule has 0 radical (unpaired) electrons. The minimum Gasteiger partial charge on any atom is -0.481 e. The van der Waals surface area contributed by atoms with E-state index in [-0.39, 0.29) is 17.9 Å². The molecule has 8 heteroatoms. The normalized spacial score (nSPS) is 17.5. The first-order valence-electron chi connectivity index (χ1n) is 8.26. The van der Waals surface area contributed by atoms with Crippen molar-refractivity contribution < 1.29 is 33.3 Å². The predicted octanol–water partition coefficient (Wildman–Crippen LogP) is 1.42. The van der Waals surface area contributed by atoms with Crippen LogP contribution in [0.5, 0.6) is 5.75 Å². The number of aliphatic hydroxyl groups excluding tert-OH is 1. The topological polar surface area (TPSA) is 112 Å². The van der Waals surface area contributed by atoms with Crippen molar-refractivity contribution in [3.63, 3.8) is 0 Å². The molecule has 1 N–H and O–H groups in total. The van der Waals surface area contributed by atoms with Gasteiger partial charge in [-0.3, -0.25) is 9.59 Å². The molecule has 3 atom stereocenters. The zero-order valence-corrected chi connectivity index (χ0v) is 14.7. The number of aliphatic hydroxyl groups is 1. The average Bonchev–Trinajstić information content (AvgIpc) is 2.64. The van der Waals surface area contributed by atoms with Gasteiger partial charge in [0.05, 0.1) is 5.39 Å². The Hall–Kier alpha value is -3.13. The molecule has 0 bridgehead atoms. The number of fused-ring (bicyclic) bond motifs is 3. The largest absolute Gasteiger partial charge is 0.481 e. The van der Waals surface area contributed by atoms with Gasteiger partial charge >= 0.3 is 17.6 Å². The van der Waals surface area contributed by atoms with Gasteiger partial charge in [0.25, 0.3) is 0 Å². The second-order valence-electron chi connectivity index (χ2n) is 6.01. The molecule has 0 aliphatic carbocycles. The highest BCUT2D eigenvalue weighted by Gasteiger charge is 2.35. The standard InChI is InChI=1S/C19H18O8/c1-10(20)24-9-14(22)18(25-11(2)21)16-8-7-13-17(26-16)12-5-3-4-6-15(12)27-19(13)23/h3-8,14,16,18,22H,9H2,1-2H3/t14-,16-,18-/m1/s1. The highest BCUT2D eigenvalue weighted by atomic mass is 16.6. The van der Waals surface area contributed by atoms with E-state index in [1.165, 1.54) is 26.0 Å². The van der Waals surface area contributed by atoms with Gasteiger partial charge in [-0.15, -0.1) is 0 Å². The van der Waals surface area contributed by atoms with Crippen molar-refractivity contribution in [2.45, 2.75) is 32.2 Å². The third-order valence-electron chi connectivity index (χ3n) is 3.97. The van der Waals surface area contributed by atoms with Crippen molar-refractivity contribution in [2.75, 3.05) is 6.61 Å². The Labute approximate surface area is 153 Å². The van der Waals surface area contributed by atoms with Crippen molar-refractivity contribution in [3.8, 4) is 5.75 Å². The monoisotopic (exact) mass is 374 g/mol. The number of ether oxygens (including phenoxy) is 3. The molecule has 0 unspecified atom stereocenters. The Bertz CT molecular complexity index is 958. The third-order valence-corrected chi connectivity index (χ3v) is 3.97. The first-order valence-corrected chi connectivity index (χ1v) is 8.26. The van der Waals surface area contributed by atoms with Gasteiger partial charge in [0.15, 0.2) is 12.2 Å². The second-order valence-corrected chi connectivity index (χ2v) is 6.01. The predicted molar refractivity (Wildman–Crippen MR) is 94.1 cm³/mol. The van der Waals surface area contributed by atoms with Crippen molar-refractivity contribution in [2.24, 2.45) is 0 Å². The summed E-state index contributed by atoms with van der Waals surface area (Å²) in [4.78, 5) is 34.6. The van der Waals surface area contributed by atoms with E-state index in [1.54, 1.807) is 24.3 Å². The van der Waals surface area contributed by atoms with Gasteiger partial charge in [0, 0.05) is 13.8 Å². The number of hydrogen-bond acceptors (Lipinski definition) is 8. The molecule has 27 heavy (non-hydrogen) atoms. The first kappa shape index (κ1) is 18.7. The maximum atomic E-state index is 12.2. The van der Waals surface area contributed by atoms with Gasteiger partial charge in [-0.05, 0) is 24.3 Å². The summed E-state index contributed by atoms with van der Waals surface area (Å²) < 4.78 is 21.1. The van der Waals surface area contributed by atoms with E-state index in [9.17, 15) is 19.5 Å². The number of carbonyl (C=O) groups is 2. The maximum absolute atomic E-state index is 12.2. The lowest BCUT2D eigenvalue weighted by Crippen LogP contribution is -2.46. The number of para-hydroxylation sites is 1. The molecule has 0 fully saturated rings. The van der Waals surface area contributed by atoms with E-state index in [0.29, 0.717) is 11.0 Å². The molecule has 0 saturated heterocycles. The number of hydrogen-bond donors (Lipinski definition) is 1. The maximum Gasteiger partial charge on any atom is 0.347 e. The fraction of sp³-hybridized carbons (Fsp3) is 0.316. The Kier molecular flexibility index (Phi) is 5.27. The highest BCUT2D eigenvalue weighted by molar-refractivity contribution is 5.87. The molecule has 0 amide bonds. The second kappa shape index (κ2) is 7.63. The third kappa shape index (κ3) is 4.01. The van der Waals surface area contributed by atoms with E-state index in [4.69, 9.17) is 18.6 Å². The van der Waals surface area contributed by atoms with E-state index in [2.05, 4.69) is 0 Å². The summed E-state index contributed by atoms with van der Waals surface area (Å²) in [5.74, 6) is -0.946. The number of benzene rings is 1. The van der Waals surface area contributed by atoms with Crippen molar-refractivity contribution >= 4 is 29.0 Å². The summed E-state index contributed by atoms with van der Waals surface area (Å²) in [7, 11) is 0. The molecular formula is C19H18O8. The number of rotatable bonds is 5. The van der Waals surface area contributed by atoms with E-state index in [0.717, 1.165) is 0 Å². The van der Waals surface area contributed by atoms with Crippen LogP contribution in [-0.2, 0) is 19.1 Å². The minimum absolute atomic E-state index is 0.223. The Morgan fingerprint density at radius 1 is 1.22 bits per heavy atom. The molecule has 1 aliphatic heterocycles. The van der Waals surface area contributed by atoms with E-state index in [1.807, 2.05) is 0 Å². The summed E-state index contributed by atoms with van der Waals surface area (Å²) in [6.45, 7) is 2.02. The zero-order valence-electron chi connectivity index (χ0n) is 14.7. The van der Waals surface area contributed by atoms with Crippen LogP contribution in [0.4, 0.5) is 0 Å². The molecule has 1 aliphatic rings. The molecule has 0 saturated carbocycles. The lowest BCUT2D eigenvalue weighted by molar-refractivity contribution is -0.164. The molecule has 1 aromatic heterocycles. The van der Waals surface area contributed by atoms with Crippen LogP contribution in [0.1, 0.15) is 19.4 Å². The van der Waals surface area contributed by atoms with Gasteiger partial charge in [0.2, 0.25) is 0 Å². The van der Waals surface area contributed by atoms with E-state index < -0.39 is 35.9 Å². The van der Waals surface area contributed by atoms with Crippen LogP contribution in [0.25, 0.3) is 17.0 Å². The van der Waals surface area contributed by atoms with Gasteiger partial charge in [-0.1, -0.05) is 12.1 Å². The number of carbonyl (C=O) groups excluding carboxylic acids is 2. The summed E-state index contributed by atoms with van der Waals surface area (Å²) in [5, 5.41) is 10.9. The van der Waals surface area contributed by atoms with Crippen molar-refractivity contribution in [3.05, 3.63) is 46.3 Å². The SMILES string of the molecule is CC(=O)OC[C@@H](O)[C@@H](OC(C)=O)[C@H]1C=Cc2c(c3ccccc3oc2=O)O1. The van der Waals surface area contributed by atoms with Gasteiger partial charge in [-0.2, -0.15) is 0 Å². The fourth-order valence-electron chi connectivity index (χ4n) is 2.80. The summed E-state index contributed by atoms with van der Waals surface area (Å²) in [5.41, 5.74) is 0.00342. The molecule has 2 heterocycles. The molecule has 1 aromatic carbocycles. The quantitative estimate of drug-likeness (QED) is 0.618. The Morgan fingerprint density at radius 2 is 1.96 bits per heavy atom. The average molecular weight is 374 g/mol. The van der Waals surface area contributed by atoms with Crippen LogP contribution in [0.3, 0.4) is 0 Å². The summed E-state index contributed by atoms with van der Waals surface area (Å²) >= 11 is 0. The smallest absolute Gasteiger partial charge is 0.347 e. The van der Waals surface area contributed by atoms with Crippen LogP contribution in [0, 0.1) is 0 Å². The lowest BCUT2D eigenvalue weighted by atomic mass is 10.0. The molecule has 2 aromatic rings. The number of esters is 2. The molecule has 8 nitrogen and oxygen atoms in total.